The van der Waals surface area contributed by atoms with Gasteiger partial charge in [0.15, 0.2) is 0 Å². The summed E-state index contributed by atoms with van der Waals surface area (Å²) in [5, 5.41) is 0. The van der Waals surface area contributed by atoms with Gasteiger partial charge in [0.2, 0.25) is 0 Å². The molecule has 0 N–H and O–H groups in total. The van der Waals surface area contributed by atoms with E-state index in [1.807, 2.05) is 0 Å². The third-order valence-electron chi connectivity index (χ3n) is 4.18. The SMILES string of the molecule is CC1(C)OC[C@H]2C[C@@H]3CCO[C@@]321. The topological polar surface area (TPSA) is 18.5 Å². The lowest BCUT2D eigenvalue weighted by Gasteiger charge is -2.51. The van der Waals surface area contributed by atoms with Gasteiger partial charge in [0, 0.05) is 12.5 Å². The molecule has 0 aromatic heterocycles. The first-order valence-electron chi connectivity index (χ1n) is 4.95. The Balaban J connectivity index is 2.03. The Bertz CT molecular complexity index is 215. The second-order valence-electron chi connectivity index (χ2n) is 4.88. The molecule has 0 amide bonds. The van der Waals surface area contributed by atoms with Crippen molar-refractivity contribution in [3.8, 4) is 0 Å². The van der Waals surface area contributed by atoms with Crippen molar-refractivity contribution < 1.29 is 9.47 Å². The molecule has 2 saturated heterocycles. The van der Waals surface area contributed by atoms with E-state index in [4.69, 9.17) is 9.47 Å². The summed E-state index contributed by atoms with van der Waals surface area (Å²) in [5.74, 6) is 1.49. The van der Waals surface area contributed by atoms with E-state index in [9.17, 15) is 0 Å². The van der Waals surface area contributed by atoms with Crippen LogP contribution in [-0.4, -0.2) is 24.4 Å². The Morgan fingerprint density at radius 2 is 2.00 bits per heavy atom. The Hall–Kier alpha value is -0.0800. The standard InChI is InChI=1S/C10H16O2/c1-9(2)10-7(3-4-11-10)5-8(10)6-12-9/h7-8H,3-6H2,1-2H3/t7-,8+,10-/m0/s1. The molecule has 3 rings (SSSR count). The third-order valence-corrected chi connectivity index (χ3v) is 4.18. The van der Waals surface area contributed by atoms with Gasteiger partial charge in [-0.2, -0.15) is 0 Å². The highest BCUT2D eigenvalue weighted by Gasteiger charge is 2.70. The van der Waals surface area contributed by atoms with E-state index in [-0.39, 0.29) is 11.2 Å². The van der Waals surface area contributed by atoms with E-state index >= 15 is 0 Å². The Morgan fingerprint density at radius 3 is 2.67 bits per heavy atom. The van der Waals surface area contributed by atoms with Crippen molar-refractivity contribution in [3.63, 3.8) is 0 Å². The van der Waals surface area contributed by atoms with Gasteiger partial charge in [0.1, 0.15) is 5.60 Å². The van der Waals surface area contributed by atoms with E-state index in [1.165, 1.54) is 12.8 Å². The van der Waals surface area contributed by atoms with Crippen LogP contribution in [0, 0.1) is 11.8 Å². The predicted octanol–water partition coefficient (Wildman–Crippen LogP) is 1.59. The number of hydrogen-bond acceptors (Lipinski definition) is 2. The molecule has 0 aromatic rings. The molecule has 0 bridgehead atoms. The smallest absolute Gasteiger partial charge is 0.104 e. The molecule has 0 radical (unpaired) electrons. The van der Waals surface area contributed by atoms with Crippen LogP contribution in [0.25, 0.3) is 0 Å². The zero-order valence-corrected chi connectivity index (χ0v) is 7.80. The zero-order chi connectivity index (χ0) is 8.40. The van der Waals surface area contributed by atoms with Crippen molar-refractivity contribution in [1.82, 2.24) is 0 Å². The molecule has 3 atom stereocenters. The van der Waals surface area contributed by atoms with Crippen LogP contribution < -0.4 is 0 Å². The van der Waals surface area contributed by atoms with Crippen LogP contribution in [0.5, 0.6) is 0 Å². The van der Waals surface area contributed by atoms with E-state index in [1.54, 1.807) is 0 Å². The molecule has 1 saturated carbocycles. The van der Waals surface area contributed by atoms with Crippen LogP contribution >= 0.6 is 0 Å². The lowest BCUT2D eigenvalue weighted by Crippen LogP contribution is -2.61. The van der Waals surface area contributed by atoms with Crippen molar-refractivity contribution in [2.75, 3.05) is 13.2 Å². The highest BCUT2D eigenvalue weighted by atomic mass is 16.6. The molecular formula is C10H16O2. The van der Waals surface area contributed by atoms with Crippen LogP contribution in [-0.2, 0) is 9.47 Å². The van der Waals surface area contributed by atoms with Crippen molar-refractivity contribution in [1.29, 1.82) is 0 Å². The summed E-state index contributed by atoms with van der Waals surface area (Å²) in [6.45, 7) is 6.24. The van der Waals surface area contributed by atoms with Gasteiger partial charge < -0.3 is 9.47 Å². The van der Waals surface area contributed by atoms with Crippen molar-refractivity contribution in [3.05, 3.63) is 0 Å². The number of hydrogen-bond donors (Lipinski definition) is 0. The number of ether oxygens (including phenoxy) is 2. The molecule has 1 aliphatic carbocycles. The Morgan fingerprint density at radius 1 is 1.17 bits per heavy atom. The van der Waals surface area contributed by atoms with Gasteiger partial charge in [-0.1, -0.05) is 0 Å². The minimum absolute atomic E-state index is 0.0307. The fourth-order valence-electron chi connectivity index (χ4n) is 3.58. The van der Waals surface area contributed by atoms with Gasteiger partial charge in [0.05, 0.1) is 12.2 Å². The molecule has 3 fully saturated rings. The van der Waals surface area contributed by atoms with E-state index in [0.29, 0.717) is 5.92 Å². The second kappa shape index (κ2) is 1.88. The van der Waals surface area contributed by atoms with Crippen LogP contribution in [0.1, 0.15) is 26.7 Å². The Kier molecular flexibility index (Phi) is 1.15. The van der Waals surface area contributed by atoms with E-state index in [0.717, 1.165) is 19.1 Å². The maximum atomic E-state index is 5.95. The lowest BCUT2D eigenvalue weighted by atomic mass is 9.57. The molecule has 12 heavy (non-hydrogen) atoms. The average molecular weight is 168 g/mol. The van der Waals surface area contributed by atoms with Gasteiger partial charge in [-0.25, -0.2) is 0 Å². The third kappa shape index (κ3) is 0.549. The molecule has 0 unspecified atom stereocenters. The first kappa shape index (κ1) is 7.34. The number of rotatable bonds is 0. The first-order valence-corrected chi connectivity index (χ1v) is 4.95. The minimum Gasteiger partial charge on any atom is -0.372 e. The van der Waals surface area contributed by atoms with E-state index in [2.05, 4.69) is 13.8 Å². The highest BCUT2D eigenvalue weighted by Crippen LogP contribution is 2.62. The van der Waals surface area contributed by atoms with Crippen LogP contribution in [0.2, 0.25) is 0 Å². The van der Waals surface area contributed by atoms with E-state index < -0.39 is 0 Å². The van der Waals surface area contributed by atoms with Crippen molar-refractivity contribution in [2.24, 2.45) is 11.8 Å². The van der Waals surface area contributed by atoms with Crippen molar-refractivity contribution in [2.45, 2.75) is 37.9 Å². The summed E-state index contributed by atoms with van der Waals surface area (Å²) in [6.07, 6.45) is 2.59. The molecule has 0 aromatic carbocycles. The monoisotopic (exact) mass is 168 g/mol. The molecule has 2 nitrogen and oxygen atoms in total. The fourth-order valence-corrected chi connectivity index (χ4v) is 3.58. The Labute approximate surface area is 73.2 Å². The maximum Gasteiger partial charge on any atom is 0.104 e. The second-order valence-corrected chi connectivity index (χ2v) is 4.88. The molecule has 1 spiro atoms. The fraction of sp³-hybridized carbons (Fsp3) is 1.00. The van der Waals surface area contributed by atoms with Crippen LogP contribution in [0.4, 0.5) is 0 Å². The molecule has 2 heterocycles. The van der Waals surface area contributed by atoms with Gasteiger partial charge in [-0.15, -0.1) is 0 Å². The van der Waals surface area contributed by atoms with Crippen molar-refractivity contribution >= 4 is 0 Å². The lowest BCUT2D eigenvalue weighted by molar-refractivity contribution is -0.175. The molecule has 3 aliphatic rings. The first-order chi connectivity index (χ1) is 5.67. The zero-order valence-electron chi connectivity index (χ0n) is 7.80. The van der Waals surface area contributed by atoms with Gasteiger partial charge >= 0.3 is 0 Å². The summed E-state index contributed by atoms with van der Waals surface area (Å²) >= 11 is 0. The predicted molar refractivity (Wildman–Crippen MR) is 44.9 cm³/mol. The molecular weight excluding hydrogens is 152 g/mol. The summed E-state index contributed by atoms with van der Waals surface area (Å²) in [7, 11) is 0. The molecule has 68 valence electrons. The quantitative estimate of drug-likeness (QED) is 0.547. The highest BCUT2D eigenvalue weighted by molar-refractivity contribution is 5.19. The minimum atomic E-state index is -0.0307. The average Bonchev–Trinajstić information content (AvgIpc) is 2.38. The molecule has 2 aliphatic heterocycles. The summed E-state index contributed by atoms with van der Waals surface area (Å²) < 4.78 is 11.8. The van der Waals surface area contributed by atoms with Gasteiger partial charge in [-0.05, 0) is 32.6 Å². The normalized spacial score (nSPS) is 54.5. The maximum absolute atomic E-state index is 5.95. The summed E-state index contributed by atoms with van der Waals surface area (Å²) in [4.78, 5) is 0. The van der Waals surface area contributed by atoms with Gasteiger partial charge in [-0.3, -0.25) is 0 Å². The largest absolute Gasteiger partial charge is 0.372 e. The van der Waals surface area contributed by atoms with Gasteiger partial charge in [0.25, 0.3) is 0 Å². The van der Waals surface area contributed by atoms with Crippen LogP contribution in [0.3, 0.4) is 0 Å². The van der Waals surface area contributed by atoms with Crippen LogP contribution in [0.15, 0.2) is 0 Å². The summed E-state index contributed by atoms with van der Waals surface area (Å²) in [5.41, 5.74) is 0.0874. The molecule has 2 heteroatoms. The summed E-state index contributed by atoms with van der Waals surface area (Å²) in [6, 6.07) is 0.